The number of aliphatic hydroxyl groups excluding tert-OH is 3. The van der Waals surface area contributed by atoms with E-state index in [2.05, 4.69) is 20.8 Å². The molecule has 37 heavy (non-hydrogen) atoms. The molecule has 0 radical (unpaired) electrons. The molecule has 0 fully saturated rings. The van der Waals surface area contributed by atoms with Crippen LogP contribution in [0.15, 0.2) is 0 Å². The summed E-state index contributed by atoms with van der Waals surface area (Å²) in [6.45, 7) is 8.27. The molecule has 0 aromatic heterocycles. The zero-order valence-electron chi connectivity index (χ0n) is 21.1. The van der Waals surface area contributed by atoms with Crippen LogP contribution in [0, 0.1) is 0 Å². The number of carbonyl (C=O) groups is 3. The summed E-state index contributed by atoms with van der Waals surface area (Å²) in [6, 6.07) is -0.0741. The van der Waals surface area contributed by atoms with Gasteiger partial charge in [-0.2, -0.15) is 0 Å². The van der Waals surface area contributed by atoms with Gasteiger partial charge in [0, 0.05) is 24.9 Å². The van der Waals surface area contributed by atoms with Crippen molar-refractivity contribution in [2.75, 3.05) is 44.5 Å². The molecule has 0 aromatic carbocycles. The number of nitrogens with two attached hydrogens (primary N) is 1. The SMILES string of the molecule is C.CC(N)COO.CC(NCP(CNC(C)OC=O)CNC(C)OC=O)OC=O.O.OCP(CO)CO. The number of ether oxygens (including phenoxy) is 3. The maximum Gasteiger partial charge on any atom is 0.294 e. The molecule has 0 rings (SSSR count). The Balaban J connectivity index is -0.000000188. The predicted molar refractivity (Wildman–Crippen MR) is 142 cm³/mol. The minimum atomic E-state index is -0.887. The normalized spacial score (nSPS) is 13.8. The van der Waals surface area contributed by atoms with Gasteiger partial charge in [0.1, 0.15) is 18.7 Å². The van der Waals surface area contributed by atoms with Crippen LogP contribution in [-0.2, 0) is 33.5 Å². The zero-order chi connectivity index (χ0) is 27.5. The second-order valence-electron chi connectivity index (χ2n) is 6.75. The monoisotopic (exact) mass is 586 g/mol. The average Bonchev–Trinajstić information content (AvgIpc) is 2.81. The number of carbonyl (C=O) groups excluding carboxylic acids is 3. The Labute approximate surface area is 221 Å². The lowest BCUT2D eigenvalue weighted by atomic mass is 10.4. The van der Waals surface area contributed by atoms with Crippen molar-refractivity contribution in [2.24, 2.45) is 5.73 Å². The van der Waals surface area contributed by atoms with Crippen molar-refractivity contribution < 1.29 is 59.5 Å². The lowest BCUT2D eigenvalue weighted by Gasteiger charge is -2.24. The first kappa shape index (κ1) is 45.8. The summed E-state index contributed by atoms with van der Waals surface area (Å²) >= 11 is 0. The van der Waals surface area contributed by atoms with E-state index >= 15 is 0 Å². The number of rotatable bonds is 20. The van der Waals surface area contributed by atoms with Gasteiger partial charge in [0.2, 0.25) is 0 Å². The van der Waals surface area contributed by atoms with Crippen LogP contribution in [-0.4, -0.2) is 115 Å². The summed E-state index contributed by atoms with van der Waals surface area (Å²) in [4.78, 5) is 34.4. The minimum absolute atomic E-state index is 0. The Morgan fingerprint density at radius 2 is 1.03 bits per heavy atom. The molecule has 0 aliphatic heterocycles. The summed E-state index contributed by atoms with van der Waals surface area (Å²) in [5, 5.41) is 41.6. The molecule has 0 aliphatic carbocycles. The highest BCUT2D eigenvalue weighted by Crippen LogP contribution is 2.31. The quantitative estimate of drug-likeness (QED) is 0.0204. The molecule has 4 atom stereocenters. The molecule has 0 amide bonds. The molecule has 0 heterocycles. The second kappa shape index (κ2) is 34.9. The number of hydrogen-bond donors (Lipinski definition) is 8. The maximum atomic E-state index is 10.3. The van der Waals surface area contributed by atoms with Gasteiger partial charge in [0.05, 0.1) is 25.7 Å². The molecule has 0 bridgehead atoms. The largest absolute Gasteiger partial charge is 0.449 e. The molecule has 18 heteroatoms. The number of aliphatic hydroxyl groups is 3. The van der Waals surface area contributed by atoms with E-state index in [0.29, 0.717) is 38.3 Å². The van der Waals surface area contributed by atoms with Crippen LogP contribution < -0.4 is 21.7 Å². The van der Waals surface area contributed by atoms with Gasteiger partial charge in [0.25, 0.3) is 19.4 Å². The van der Waals surface area contributed by atoms with Gasteiger partial charge in [-0.25, -0.2) is 4.89 Å². The molecule has 0 aromatic rings. The standard InChI is InChI=1S/C12H24N3O6P.C3H9NO2.C3H9O3P.CH4.H2O/c1-10(19-7-16)13-4-22(5-14-11(2)20-8-17)6-15-12(3)21-9-18;1-3(4)2-6-5;4-1-7(2-5)3-6;;/h7-15H,4-6H2,1-3H3;3,5H,2,4H2,1H3;4-6H,1-3H2;1H4;1H2. The van der Waals surface area contributed by atoms with Crippen molar-refractivity contribution >= 4 is 35.3 Å². The molecule has 16 nitrogen and oxygen atoms in total. The Bertz CT molecular complexity index is 433. The first-order chi connectivity index (χ1) is 16.6. The van der Waals surface area contributed by atoms with Crippen molar-refractivity contribution in [2.45, 2.75) is 59.8 Å². The van der Waals surface area contributed by atoms with Crippen LogP contribution in [0.3, 0.4) is 0 Å². The lowest BCUT2D eigenvalue weighted by Crippen LogP contribution is -2.36. The third-order valence-electron chi connectivity index (χ3n) is 3.52. The van der Waals surface area contributed by atoms with E-state index in [4.69, 9.17) is 40.5 Å². The molecular formula is C19H48N4O12P2. The van der Waals surface area contributed by atoms with Crippen molar-refractivity contribution in [3.63, 3.8) is 0 Å². The van der Waals surface area contributed by atoms with Crippen LogP contribution in [0.4, 0.5) is 0 Å². The van der Waals surface area contributed by atoms with Gasteiger partial charge in [-0.05, 0) is 35.6 Å². The van der Waals surface area contributed by atoms with Crippen LogP contribution in [0.1, 0.15) is 35.1 Å². The van der Waals surface area contributed by atoms with Gasteiger partial charge in [-0.3, -0.25) is 35.6 Å². The number of hydrogen-bond acceptors (Lipinski definition) is 15. The van der Waals surface area contributed by atoms with Crippen LogP contribution >= 0.6 is 15.8 Å². The minimum Gasteiger partial charge on any atom is -0.449 e. The van der Waals surface area contributed by atoms with Gasteiger partial charge < -0.3 is 40.7 Å². The fourth-order valence-electron chi connectivity index (χ4n) is 1.59. The lowest BCUT2D eigenvalue weighted by molar-refractivity contribution is -0.244. The van der Waals surface area contributed by atoms with Crippen molar-refractivity contribution in [1.82, 2.24) is 16.0 Å². The summed E-state index contributed by atoms with van der Waals surface area (Å²) < 4.78 is 14.3. The van der Waals surface area contributed by atoms with E-state index in [1.54, 1.807) is 27.7 Å². The van der Waals surface area contributed by atoms with Gasteiger partial charge >= 0.3 is 0 Å². The highest BCUT2D eigenvalue weighted by Gasteiger charge is 2.13. The Hall–Kier alpha value is -1.13. The summed E-state index contributed by atoms with van der Waals surface area (Å²) in [5.41, 5.74) is 5.12. The topological polar surface area (TPSA) is 263 Å². The van der Waals surface area contributed by atoms with Crippen LogP contribution in [0.25, 0.3) is 0 Å². The molecule has 0 saturated carbocycles. The molecule has 4 unspecified atom stereocenters. The molecular weight excluding hydrogens is 538 g/mol. The fourth-order valence-corrected chi connectivity index (χ4v) is 3.74. The van der Waals surface area contributed by atoms with Crippen molar-refractivity contribution in [3.05, 3.63) is 0 Å². The van der Waals surface area contributed by atoms with E-state index in [0.717, 1.165) is 0 Å². The van der Waals surface area contributed by atoms with E-state index in [1.165, 1.54) is 0 Å². The van der Waals surface area contributed by atoms with E-state index in [1.807, 2.05) is 0 Å². The van der Waals surface area contributed by atoms with Gasteiger partial charge in [0.15, 0.2) is 0 Å². The Kier molecular flexibility index (Phi) is 43.1. The summed E-state index contributed by atoms with van der Waals surface area (Å²) in [5.74, 6) is 0. The summed E-state index contributed by atoms with van der Waals surface area (Å²) in [6.07, 6.45) is 0.385. The number of nitrogens with one attached hydrogen (secondary N) is 3. The second-order valence-corrected chi connectivity index (χ2v) is 11.2. The smallest absolute Gasteiger partial charge is 0.294 e. The first-order valence-corrected chi connectivity index (χ1v) is 14.2. The first-order valence-electron chi connectivity index (χ1n) is 10.4. The Morgan fingerprint density at radius 3 is 1.16 bits per heavy atom. The molecule has 226 valence electrons. The zero-order valence-corrected chi connectivity index (χ0v) is 22.9. The highest BCUT2D eigenvalue weighted by atomic mass is 31.1. The molecule has 0 aliphatic rings. The summed E-state index contributed by atoms with van der Waals surface area (Å²) in [7, 11) is -1.50. The predicted octanol–water partition coefficient (Wildman–Crippen LogP) is -1.38. The van der Waals surface area contributed by atoms with E-state index < -0.39 is 34.5 Å². The van der Waals surface area contributed by atoms with Crippen LogP contribution in [0.2, 0.25) is 0 Å². The molecule has 0 spiro atoms. The Morgan fingerprint density at radius 1 is 0.730 bits per heavy atom. The van der Waals surface area contributed by atoms with E-state index in [9.17, 15) is 14.4 Å². The maximum absolute atomic E-state index is 10.3. The highest BCUT2D eigenvalue weighted by molar-refractivity contribution is 7.57. The fraction of sp³-hybridized carbons (Fsp3) is 0.842. The van der Waals surface area contributed by atoms with E-state index in [-0.39, 0.29) is 44.6 Å². The molecule has 11 N–H and O–H groups in total. The van der Waals surface area contributed by atoms with Gasteiger partial charge in [-0.15, -0.1) is 0 Å². The third-order valence-corrected chi connectivity index (χ3v) is 6.61. The third kappa shape index (κ3) is 37.1. The van der Waals surface area contributed by atoms with Gasteiger partial charge in [-0.1, -0.05) is 15.3 Å². The molecule has 0 saturated heterocycles. The van der Waals surface area contributed by atoms with Crippen molar-refractivity contribution in [1.29, 1.82) is 0 Å². The average molecular weight is 587 g/mol. The van der Waals surface area contributed by atoms with Crippen LogP contribution in [0.5, 0.6) is 0 Å². The van der Waals surface area contributed by atoms with Crippen molar-refractivity contribution in [3.8, 4) is 0 Å².